The van der Waals surface area contributed by atoms with Gasteiger partial charge >= 0.3 is 0 Å². The quantitative estimate of drug-likeness (QED) is 0.579. The van der Waals surface area contributed by atoms with E-state index in [-0.39, 0.29) is 0 Å². The summed E-state index contributed by atoms with van der Waals surface area (Å²) in [5.41, 5.74) is 4.19. The molecule has 0 saturated heterocycles. The number of anilines is 3. The minimum absolute atomic E-state index is 0.567. The Labute approximate surface area is 127 Å². The summed E-state index contributed by atoms with van der Waals surface area (Å²) in [5.74, 6) is 6.75. The topological polar surface area (TPSA) is 75.9 Å². The van der Waals surface area contributed by atoms with Crippen LogP contribution in [0.25, 0.3) is 0 Å². The first-order chi connectivity index (χ1) is 9.65. The lowest BCUT2D eigenvalue weighted by Crippen LogP contribution is -2.13. The third kappa shape index (κ3) is 3.30. The normalized spacial score (nSPS) is 10.4. The first-order valence-electron chi connectivity index (χ1n) is 6.18. The fourth-order valence-electron chi connectivity index (χ4n) is 1.85. The summed E-state index contributed by atoms with van der Waals surface area (Å²) >= 11 is 12.1. The Balaban J connectivity index is 2.39. The Morgan fingerprint density at radius 1 is 1.20 bits per heavy atom. The number of nitrogen functional groups attached to an aromatic ring is 1. The van der Waals surface area contributed by atoms with E-state index in [1.807, 2.05) is 0 Å². The number of aromatic nitrogens is 2. The fraction of sp³-hybridized carbons (Fsp3) is 0.231. The first-order valence-corrected chi connectivity index (χ1v) is 6.93. The molecule has 106 valence electrons. The Hall–Kier alpha value is -1.56. The van der Waals surface area contributed by atoms with Gasteiger partial charge in [-0.1, -0.05) is 36.5 Å². The van der Waals surface area contributed by atoms with E-state index >= 15 is 0 Å². The highest BCUT2D eigenvalue weighted by Crippen LogP contribution is 2.30. The van der Waals surface area contributed by atoms with Crippen molar-refractivity contribution < 1.29 is 0 Å². The molecule has 20 heavy (non-hydrogen) atoms. The zero-order valence-electron chi connectivity index (χ0n) is 11.0. The van der Waals surface area contributed by atoms with Crippen LogP contribution in [0, 0.1) is 0 Å². The second-order valence-electron chi connectivity index (χ2n) is 4.19. The molecular formula is C13H15Cl2N5. The smallest absolute Gasteiger partial charge is 0.148 e. The molecule has 0 unspecified atom stereocenters. The molecule has 1 aromatic heterocycles. The molecule has 2 aromatic rings. The van der Waals surface area contributed by atoms with E-state index in [9.17, 15) is 0 Å². The number of benzene rings is 1. The zero-order valence-corrected chi connectivity index (χ0v) is 12.5. The van der Waals surface area contributed by atoms with Gasteiger partial charge in [0.05, 0.1) is 10.7 Å². The lowest BCUT2D eigenvalue weighted by molar-refractivity contribution is 0.903. The molecule has 0 aliphatic carbocycles. The van der Waals surface area contributed by atoms with Gasteiger partial charge in [0.25, 0.3) is 0 Å². The summed E-state index contributed by atoms with van der Waals surface area (Å²) in [7, 11) is 0. The molecule has 0 aliphatic rings. The number of hydrogen-bond donors (Lipinski definition) is 3. The average Bonchev–Trinajstić information content (AvgIpc) is 2.45. The summed E-state index contributed by atoms with van der Waals surface area (Å²) in [5, 5.41) is 4.34. The maximum Gasteiger partial charge on any atom is 0.148 e. The molecule has 0 aliphatic heterocycles. The predicted molar refractivity (Wildman–Crippen MR) is 83.6 cm³/mol. The van der Waals surface area contributed by atoms with Gasteiger partial charge in [0.2, 0.25) is 0 Å². The second kappa shape index (κ2) is 6.74. The van der Waals surface area contributed by atoms with Crippen LogP contribution in [-0.4, -0.2) is 9.97 Å². The third-order valence-corrected chi connectivity index (χ3v) is 3.33. The van der Waals surface area contributed by atoms with Gasteiger partial charge < -0.3 is 10.7 Å². The zero-order chi connectivity index (χ0) is 14.5. The Morgan fingerprint density at radius 3 is 2.65 bits per heavy atom. The minimum Gasteiger partial charge on any atom is -0.339 e. The molecule has 7 heteroatoms. The maximum atomic E-state index is 6.14. The number of nitrogens with one attached hydrogen (secondary N) is 2. The van der Waals surface area contributed by atoms with Gasteiger partial charge in [-0.2, -0.15) is 0 Å². The molecule has 4 N–H and O–H groups in total. The third-order valence-electron chi connectivity index (χ3n) is 2.76. The van der Waals surface area contributed by atoms with E-state index in [0.29, 0.717) is 27.4 Å². The molecule has 5 nitrogen and oxygen atoms in total. The van der Waals surface area contributed by atoms with Gasteiger partial charge in [0, 0.05) is 10.6 Å². The predicted octanol–water partition coefficient (Wildman–Crippen LogP) is 3.77. The summed E-state index contributed by atoms with van der Waals surface area (Å²) in [6, 6.07) is 5.21. The van der Waals surface area contributed by atoms with Crippen LogP contribution in [0.5, 0.6) is 0 Å². The fourth-order valence-corrected chi connectivity index (χ4v) is 2.19. The van der Waals surface area contributed by atoms with Crippen LogP contribution >= 0.6 is 23.2 Å². The van der Waals surface area contributed by atoms with Gasteiger partial charge in [-0.3, -0.25) is 0 Å². The van der Waals surface area contributed by atoms with Crippen molar-refractivity contribution in [3.63, 3.8) is 0 Å². The number of nitrogens with two attached hydrogens (primary N) is 1. The Kier molecular flexibility index (Phi) is 5.00. The Bertz CT molecular complexity index is 603. The number of halogens is 2. The Morgan fingerprint density at radius 2 is 1.95 bits per heavy atom. The van der Waals surface area contributed by atoms with Crippen molar-refractivity contribution in [1.82, 2.24) is 9.97 Å². The van der Waals surface area contributed by atoms with Gasteiger partial charge in [-0.15, -0.1) is 0 Å². The second-order valence-corrected chi connectivity index (χ2v) is 5.04. The van der Waals surface area contributed by atoms with Crippen molar-refractivity contribution in [2.24, 2.45) is 5.84 Å². The molecule has 1 aromatic carbocycles. The van der Waals surface area contributed by atoms with E-state index in [0.717, 1.165) is 18.4 Å². The average molecular weight is 312 g/mol. The summed E-state index contributed by atoms with van der Waals surface area (Å²) in [6.07, 6.45) is 3.18. The van der Waals surface area contributed by atoms with Gasteiger partial charge in [-0.25, -0.2) is 15.8 Å². The molecule has 2 rings (SSSR count). The molecule has 0 saturated carbocycles. The number of rotatable bonds is 5. The largest absolute Gasteiger partial charge is 0.339 e. The van der Waals surface area contributed by atoms with Crippen LogP contribution < -0.4 is 16.6 Å². The highest BCUT2D eigenvalue weighted by molar-refractivity contribution is 6.35. The van der Waals surface area contributed by atoms with Gasteiger partial charge in [0.1, 0.15) is 18.0 Å². The lowest BCUT2D eigenvalue weighted by atomic mass is 10.1. The van der Waals surface area contributed by atoms with Crippen molar-refractivity contribution in [2.45, 2.75) is 19.8 Å². The van der Waals surface area contributed by atoms with Crippen LogP contribution in [0.15, 0.2) is 24.5 Å². The van der Waals surface area contributed by atoms with Crippen LogP contribution in [0.2, 0.25) is 10.0 Å². The molecule has 0 amide bonds. The van der Waals surface area contributed by atoms with Crippen molar-refractivity contribution in [1.29, 1.82) is 0 Å². The highest BCUT2D eigenvalue weighted by Gasteiger charge is 2.11. The summed E-state index contributed by atoms with van der Waals surface area (Å²) in [4.78, 5) is 8.36. The first kappa shape index (κ1) is 14.8. The molecule has 0 atom stereocenters. The van der Waals surface area contributed by atoms with Crippen molar-refractivity contribution >= 4 is 40.5 Å². The number of hydrogen-bond acceptors (Lipinski definition) is 5. The van der Waals surface area contributed by atoms with Crippen molar-refractivity contribution in [3.05, 3.63) is 40.1 Å². The summed E-state index contributed by atoms with van der Waals surface area (Å²) in [6.45, 7) is 2.07. The van der Waals surface area contributed by atoms with E-state index in [2.05, 4.69) is 27.6 Å². The van der Waals surface area contributed by atoms with Crippen LogP contribution in [0.3, 0.4) is 0 Å². The SMILES string of the molecule is CCCc1c(NN)ncnc1Nc1cc(Cl)ccc1Cl. The van der Waals surface area contributed by atoms with Crippen molar-refractivity contribution in [2.75, 3.05) is 10.7 Å². The molecule has 1 heterocycles. The monoisotopic (exact) mass is 311 g/mol. The lowest BCUT2D eigenvalue weighted by Gasteiger charge is -2.14. The van der Waals surface area contributed by atoms with Gasteiger partial charge in [0.15, 0.2) is 0 Å². The molecule has 0 fully saturated rings. The van der Waals surface area contributed by atoms with E-state index in [4.69, 9.17) is 29.0 Å². The van der Waals surface area contributed by atoms with Gasteiger partial charge in [-0.05, 0) is 24.6 Å². The van der Waals surface area contributed by atoms with Crippen LogP contribution in [0.4, 0.5) is 17.3 Å². The minimum atomic E-state index is 0.567. The van der Waals surface area contributed by atoms with E-state index in [1.165, 1.54) is 6.33 Å². The van der Waals surface area contributed by atoms with Crippen LogP contribution in [0.1, 0.15) is 18.9 Å². The molecule has 0 bridgehead atoms. The highest BCUT2D eigenvalue weighted by atomic mass is 35.5. The number of hydrazine groups is 1. The molecule has 0 spiro atoms. The molecule has 0 radical (unpaired) electrons. The van der Waals surface area contributed by atoms with E-state index < -0.39 is 0 Å². The maximum absolute atomic E-state index is 6.14. The van der Waals surface area contributed by atoms with Crippen LogP contribution in [-0.2, 0) is 6.42 Å². The summed E-state index contributed by atoms with van der Waals surface area (Å²) < 4.78 is 0. The van der Waals surface area contributed by atoms with E-state index in [1.54, 1.807) is 18.2 Å². The van der Waals surface area contributed by atoms with Crippen molar-refractivity contribution in [3.8, 4) is 0 Å². The standard InChI is InChI=1S/C13H15Cl2N5/c1-2-3-9-12(17-7-18-13(9)20-16)19-11-6-8(14)4-5-10(11)15/h4-7H,2-3,16H2,1H3,(H2,17,18,19,20). The molecular weight excluding hydrogens is 297 g/mol. The number of nitrogens with zero attached hydrogens (tertiary/aromatic N) is 2.